The molecule has 6 heteroatoms. The number of carbonyl (C=O) groups is 1. The topological polar surface area (TPSA) is 38.3 Å². The van der Waals surface area contributed by atoms with Gasteiger partial charge in [-0.3, -0.25) is 4.79 Å². The molecule has 1 aliphatic rings. The van der Waals surface area contributed by atoms with E-state index in [2.05, 4.69) is 5.32 Å². The van der Waals surface area contributed by atoms with Crippen molar-refractivity contribution in [2.24, 2.45) is 5.92 Å². The number of hydrogen-bond donors (Lipinski definition) is 1. The Hall–Kier alpha value is -1.56. The maximum atomic E-state index is 12.6. The van der Waals surface area contributed by atoms with Crippen molar-refractivity contribution in [3.05, 3.63) is 35.4 Å². The average Bonchev–Trinajstić information content (AvgIpc) is 2.55. The number of rotatable bonds is 4. The second-order valence-corrected chi connectivity index (χ2v) is 6.36. The summed E-state index contributed by atoms with van der Waals surface area (Å²) in [7, 11) is 3.75. The van der Waals surface area contributed by atoms with Crippen molar-refractivity contribution in [2.45, 2.75) is 51.1 Å². The molecule has 1 N–H and O–H groups in total. The molecule has 2 unspecified atom stereocenters. The summed E-state index contributed by atoms with van der Waals surface area (Å²) in [6, 6.07) is 5.43. The summed E-state index contributed by atoms with van der Waals surface area (Å²) in [6.07, 6.45) is -0.108. The highest BCUT2D eigenvalue weighted by molar-refractivity contribution is 5.69. The highest BCUT2D eigenvalue weighted by Crippen LogP contribution is 2.38. The maximum Gasteiger partial charge on any atom is 0.416 e. The van der Waals surface area contributed by atoms with E-state index in [-0.39, 0.29) is 17.8 Å². The Morgan fingerprint density at radius 2 is 1.80 bits per heavy atom. The first-order chi connectivity index (χ1) is 11.8. The van der Waals surface area contributed by atoms with E-state index < -0.39 is 11.7 Å². The van der Waals surface area contributed by atoms with Crippen LogP contribution in [0.1, 0.15) is 56.1 Å². The quantitative estimate of drug-likeness (QED) is 0.787. The largest absolute Gasteiger partial charge is 0.466 e. The lowest BCUT2D eigenvalue weighted by Gasteiger charge is -2.29. The van der Waals surface area contributed by atoms with Gasteiger partial charge in [-0.05, 0) is 69.8 Å². The van der Waals surface area contributed by atoms with Crippen LogP contribution < -0.4 is 5.32 Å². The Morgan fingerprint density at radius 1 is 1.20 bits per heavy atom. The minimum absolute atomic E-state index is 0.180. The Balaban J connectivity index is 0.000000970. The van der Waals surface area contributed by atoms with E-state index in [4.69, 9.17) is 4.74 Å². The van der Waals surface area contributed by atoms with E-state index in [1.54, 1.807) is 19.1 Å². The molecule has 0 aromatic heterocycles. The molecule has 1 aromatic carbocycles. The van der Waals surface area contributed by atoms with Gasteiger partial charge in [-0.1, -0.05) is 18.6 Å². The molecule has 142 valence electrons. The van der Waals surface area contributed by atoms with Gasteiger partial charge in [0.25, 0.3) is 0 Å². The van der Waals surface area contributed by atoms with Crippen LogP contribution in [-0.4, -0.2) is 26.7 Å². The van der Waals surface area contributed by atoms with Crippen LogP contribution in [0.2, 0.25) is 0 Å². The van der Waals surface area contributed by atoms with Crippen molar-refractivity contribution >= 4 is 5.97 Å². The lowest BCUT2D eigenvalue weighted by molar-refractivity contribution is -0.144. The first-order valence-corrected chi connectivity index (χ1v) is 8.73. The number of ether oxygens (including phenoxy) is 1. The van der Waals surface area contributed by atoms with Crippen LogP contribution in [0.25, 0.3) is 0 Å². The van der Waals surface area contributed by atoms with E-state index in [0.717, 1.165) is 43.4 Å². The van der Waals surface area contributed by atoms with Gasteiger partial charge in [-0.25, -0.2) is 0 Å². The van der Waals surface area contributed by atoms with Crippen molar-refractivity contribution in [2.75, 3.05) is 20.7 Å². The van der Waals surface area contributed by atoms with Crippen molar-refractivity contribution in [3.8, 4) is 0 Å². The predicted molar refractivity (Wildman–Crippen MR) is 92.4 cm³/mol. The molecule has 3 nitrogen and oxygen atoms in total. The molecule has 0 saturated heterocycles. The van der Waals surface area contributed by atoms with Gasteiger partial charge in [0.2, 0.25) is 0 Å². The number of nitrogens with one attached hydrogen (secondary N) is 1. The lowest BCUT2D eigenvalue weighted by Crippen LogP contribution is -2.19. The molecule has 0 radical (unpaired) electrons. The molecule has 2 rings (SSSR count). The molecule has 0 heterocycles. The third-order valence-electron chi connectivity index (χ3n) is 4.25. The molecule has 1 aromatic rings. The van der Waals surface area contributed by atoms with Gasteiger partial charge < -0.3 is 10.1 Å². The summed E-state index contributed by atoms with van der Waals surface area (Å²) in [6.45, 7) is 2.16. The van der Waals surface area contributed by atoms with Crippen molar-refractivity contribution in [1.82, 2.24) is 5.32 Å². The van der Waals surface area contributed by atoms with E-state index >= 15 is 0 Å². The number of halogens is 3. The first kappa shape index (κ1) is 21.5. The van der Waals surface area contributed by atoms with Gasteiger partial charge in [-0.2, -0.15) is 13.2 Å². The fourth-order valence-corrected chi connectivity index (χ4v) is 3.18. The van der Waals surface area contributed by atoms with Crippen LogP contribution >= 0.6 is 0 Å². The SMILES string of the molecule is CCOC(=O)CC1CCCC(c2ccc(C(F)(F)F)cc2)C1.CNC. The molecule has 0 spiro atoms. The zero-order chi connectivity index (χ0) is 18.9. The molecular formula is C19H28F3NO2. The fourth-order valence-electron chi connectivity index (χ4n) is 3.18. The van der Waals surface area contributed by atoms with Crippen molar-refractivity contribution in [1.29, 1.82) is 0 Å². The fraction of sp³-hybridized carbons (Fsp3) is 0.632. The molecular weight excluding hydrogens is 331 g/mol. The van der Waals surface area contributed by atoms with Crippen LogP contribution in [-0.2, 0) is 15.7 Å². The van der Waals surface area contributed by atoms with E-state index in [1.165, 1.54) is 0 Å². The van der Waals surface area contributed by atoms with Gasteiger partial charge >= 0.3 is 12.1 Å². The molecule has 0 aliphatic heterocycles. The van der Waals surface area contributed by atoms with Crippen LogP contribution in [0.5, 0.6) is 0 Å². The summed E-state index contributed by atoms with van der Waals surface area (Å²) >= 11 is 0. The highest BCUT2D eigenvalue weighted by atomic mass is 19.4. The van der Waals surface area contributed by atoms with E-state index in [1.807, 2.05) is 14.1 Å². The summed E-state index contributed by atoms with van der Waals surface area (Å²) in [4.78, 5) is 11.6. The van der Waals surface area contributed by atoms with Gasteiger partial charge in [0.1, 0.15) is 0 Å². The number of hydrogen-bond acceptors (Lipinski definition) is 3. The van der Waals surface area contributed by atoms with Crippen LogP contribution in [0.4, 0.5) is 13.2 Å². The summed E-state index contributed by atoms with van der Waals surface area (Å²) < 4.78 is 42.7. The smallest absolute Gasteiger partial charge is 0.416 e. The maximum absolute atomic E-state index is 12.6. The molecule has 1 saturated carbocycles. The number of benzene rings is 1. The Morgan fingerprint density at radius 3 is 2.32 bits per heavy atom. The Labute approximate surface area is 147 Å². The molecule has 0 amide bonds. The molecule has 1 aliphatic carbocycles. The lowest BCUT2D eigenvalue weighted by atomic mass is 9.77. The number of esters is 1. The summed E-state index contributed by atoms with van der Waals surface area (Å²) in [5.74, 6) is 0.316. The van der Waals surface area contributed by atoms with Gasteiger partial charge in [0.15, 0.2) is 0 Å². The predicted octanol–water partition coefficient (Wildman–Crippen LogP) is 4.77. The number of carbonyl (C=O) groups excluding carboxylic acids is 1. The van der Waals surface area contributed by atoms with E-state index in [9.17, 15) is 18.0 Å². The number of alkyl halides is 3. The van der Waals surface area contributed by atoms with Crippen LogP contribution in [0.3, 0.4) is 0 Å². The first-order valence-electron chi connectivity index (χ1n) is 8.73. The van der Waals surface area contributed by atoms with E-state index in [0.29, 0.717) is 13.0 Å². The third-order valence-corrected chi connectivity index (χ3v) is 4.25. The Kier molecular flexibility index (Phi) is 8.97. The van der Waals surface area contributed by atoms with Crippen molar-refractivity contribution < 1.29 is 22.7 Å². The average molecular weight is 359 g/mol. The second kappa shape index (κ2) is 10.4. The monoisotopic (exact) mass is 359 g/mol. The van der Waals surface area contributed by atoms with Gasteiger partial charge in [0, 0.05) is 6.42 Å². The van der Waals surface area contributed by atoms with Crippen molar-refractivity contribution in [3.63, 3.8) is 0 Å². The van der Waals surface area contributed by atoms with Crippen LogP contribution in [0, 0.1) is 5.92 Å². The zero-order valence-corrected chi connectivity index (χ0v) is 15.2. The zero-order valence-electron chi connectivity index (χ0n) is 15.2. The molecule has 1 fully saturated rings. The normalized spacial score (nSPS) is 20.4. The third kappa shape index (κ3) is 7.46. The van der Waals surface area contributed by atoms with Gasteiger partial charge in [-0.15, -0.1) is 0 Å². The highest BCUT2D eigenvalue weighted by Gasteiger charge is 2.31. The second-order valence-electron chi connectivity index (χ2n) is 6.36. The summed E-state index contributed by atoms with van der Waals surface area (Å²) in [5, 5.41) is 2.75. The molecule has 2 atom stereocenters. The summed E-state index contributed by atoms with van der Waals surface area (Å²) in [5.41, 5.74) is 0.316. The standard InChI is InChI=1S/C17H21F3O2.C2H7N/c1-2-22-16(21)11-12-4-3-5-14(10-12)13-6-8-15(9-7-13)17(18,19)20;1-3-2/h6-9,12,14H,2-5,10-11H2,1H3;3H,1-2H3. The minimum Gasteiger partial charge on any atom is -0.466 e. The molecule has 0 bridgehead atoms. The van der Waals surface area contributed by atoms with Gasteiger partial charge in [0.05, 0.1) is 12.2 Å². The Bertz CT molecular complexity index is 514. The molecule has 25 heavy (non-hydrogen) atoms. The van der Waals surface area contributed by atoms with Crippen LogP contribution in [0.15, 0.2) is 24.3 Å². The minimum atomic E-state index is -4.29.